The van der Waals surface area contributed by atoms with Gasteiger partial charge in [0.1, 0.15) is 5.82 Å². The number of imidazole rings is 1. The normalized spacial score (nSPS) is 20.8. The van der Waals surface area contributed by atoms with Crippen molar-refractivity contribution in [3.8, 4) is 0 Å². The highest BCUT2D eigenvalue weighted by Crippen LogP contribution is 2.20. The van der Waals surface area contributed by atoms with Gasteiger partial charge >= 0.3 is 0 Å². The second kappa shape index (κ2) is 6.81. The molecule has 0 spiro atoms. The highest BCUT2D eigenvalue weighted by atomic mass is 32.2. The minimum absolute atomic E-state index is 0.281. The van der Waals surface area contributed by atoms with Crippen molar-refractivity contribution in [3.05, 3.63) is 30.1 Å². The predicted octanol–water partition coefficient (Wildman–Crippen LogP) is 2.23. The Kier molecular flexibility index (Phi) is 4.83. The van der Waals surface area contributed by atoms with E-state index < -0.39 is 0 Å². The van der Waals surface area contributed by atoms with Gasteiger partial charge in [0.2, 0.25) is 0 Å². The Labute approximate surface area is 130 Å². The van der Waals surface area contributed by atoms with Gasteiger partial charge < -0.3 is 14.6 Å². The maximum Gasteiger partial charge on any atom is 0.111 e. The van der Waals surface area contributed by atoms with Crippen LogP contribution >= 0.6 is 11.8 Å². The number of fused-ring (bicyclic) bond motifs is 1. The third-order valence-corrected chi connectivity index (χ3v) is 5.06. The molecule has 1 N–H and O–H groups in total. The van der Waals surface area contributed by atoms with Gasteiger partial charge in [0, 0.05) is 31.0 Å². The molecule has 3 rings (SSSR count). The van der Waals surface area contributed by atoms with Crippen LogP contribution in [0.1, 0.15) is 12.7 Å². The summed E-state index contributed by atoms with van der Waals surface area (Å²) in [5.41, 5.74) is 2.27. The van der Waals surface area contributed by atoms with Crippen LogP contribution in [0, 0.1) is 0 Å². The molecule has 1 fully saturated rings. The van der Waals surface area contributed by atoms with Gasteiger partial charge in [-0.05, 0) is 18.7 Å². The van der Waals surface area contributed by atoms with E-state index in [0.717, 1.165) is 42.4 Å². The fraction of sp³-hybridized carbons (Fsp3) is 0.562. The maximum absolute atomic E-state index is 5.96. The van der Waals surface area contributed by atoms with Gasteiger partial charge in [0.15, 0.2) is 0 Å². The van der Waals surface area contributed by atoms with Crippen molar-refractivity contribution in [2.45, 2.75) is 25.5 Å². The first-order valence-corrected chi connectivity index (χ1v) is 8.78. The van der Waals surface area contributed by atoms with Crippen LogP contribution in [0.3, 0.4) is 0 Å². The molecule has 0 radical (unpaired) electrons. The molecule has 0 bridgehead atoms. The molecule has 1 saturated heterocycles. The Bertz CT molecular complexity index is 592. The Morgan fingerprint density at radius 1 is 1.48 bits per heavy atom. The van der Waals surface area contributed by atoms with Gasteiger partial charge in [-0.3, -0.25) is 0 Å². The number of nitrogens with one attached hydrogen (secondary N) is 1. The number of nitrogens with zero attached hydrogens (tertiary/aromatic N) is 2. The van der Waals surface area contributed by atoms with E-state index in [2.05, 4.69) is 42.1 Å². The average Bonchev–Trinajstić information content (AvgIpc) is 2.84. The lowest BCUT2D eigenvalue weighted by Crippen LogP contribution is -2.46. The highest BCUT2D eigenvalue weighted by Gasteiger charge is 2.26. The van der Waals surface area contributed by atoms with E-state index in [1.54, 1.807) is 0 Å². The summed E-state index contributed by atoms with van der Waals surface area (Å²) in [5.74, 6) is 3.31. The van der Waals surface area contributed by atoms with Gasteiger partial charge in [0.25, 0.3) is 0 Å². The summed E-state index contributed by atoms with van der Waals surface area (Å²) in [6.45, 7) is 3.97. The first-order valence-electron chi connectivity index (χ1n) is 7.62. The maximum atomic E-state index is 5.96. The van der Waals surface area contributed by atoms with Crippen LogP contribution in [-0.2, 0) is 18.2 Å². The van der Waals surface area contributed by atoms with Crippen molar-refractivity contribution < 1.29 is 4.74 Å². The highest BCUT2D eigenvalue weighted by molar-refractivity contribution is 7.99. The topological polar surface area (TPSA) is 39.1 Å². The second-order valence-corrected chi connectivity index (χ2v) is 6.58. The van der Waals surface area contributed by atoms with Crippen LogP contribution in [0.15, 0.2) is 24.3 Å². The summed E-state index contributed by atoms with van der Waals surface area (Å²) in [7, 11) is 2.10. The number of hydrogen-bond donors (Lipinski definition) is 1. The van der Waals surface area contributed by atoms with E-state index in [-0.39, 0.29) is 6.10 Å². The Hall–Kier alpha value is -1.04. The van der Waals surface area contributed by atoms with Gasteiger partial charge in [-0.15, -0.1) is 0 Å². The first-order chi connectivity index (χ1) is 10.3. The van der Waals surface area contributed by atoms with E-state index >= 15 is 0 Å². The molecule has 0 amide bonds. The largest absolute Gasteiger partial charge is 0.375 e. The predicted molar refractivity (Wildman–Crippen MR) is 88.9 cm³/mol. The molecular formula is C16H23N3OS. The van der Waals surface area contributed by atoms with E-state index in [0.29, 0.717) is 6.04 Å². The molecule has 1 aromatic heterocycles. The standard InChI is InChI=1S/C16H23N3OS/c1-3-17-13(15-11-21-9-8-20-15)10-16-18-12-6-4-5-7-14(12)19(16)2/h4-7,13,15,17H,3,8-11H2,1-2H3. The Morgan fingerprint density at radius 3 is 3.05 bits per heavy atom. The van der Waals surface area contributed by atoms with Crippen LogP contribution in [-0.4, -0.2) is 46.4 Å². The molecule has 114 valence electrons. The van der Waals surface area contributed by atoms with Gasteiger partial charge in [-0.2, -0.15) is 11.8 Å². The number of thioether (sulfide) groups is 1. The van der Waals surface area contributed by atoms with E-state index in [1.165, 1.54) is 5.52 Å². The quantitative estimate of drug-likeness (QED) is 0.919. The molecule has 2 unspecified atom stereocenters. The van der Waals surface area contributed by atoms with E-state index in [9.17, 15) is 0 Å². The van der Waals surface area contributed by atoms with E-state index in [4.69, 9.17) is 9.72 Å². The summed E-state index contributed by atoms with van der Waals surface area (Å²) < 4.78 is 8.16. The van der Waals surface area contributed by atoms with Crippen LogP contribution in [0.25, 0.3) is 11.0 Å². The van der Waals surface area contributed by atoms with Crippen LogP contribution < -0.4 is 5.32 Å². The summed E-state index contributed by atoms with van der Waals surface area (Å²) in [5, 5.41) is 3.58. The number of benzene rings is 1. The lowest BCUT2D eigenvalue weighted by Gasteiger charge is -2.30. The van der Waals surface area contributed by atoms with Crippen molar-refractivity contribution in [1.82, 2.24) is 14.9 Å². The summed E-state index contributed by atoms with van der Waals surface area (Å²) >= 11 is 1.98. The van der Waals surface area contributed by atoms with Crippen molar-refractivity contribution in [3.63, 3.8) is 0 Å². The average molecular weight is 305 g/mol. The third kappa shape index (κ3) is 3.25. The fourth-order valence-electron chi connectivity index (χ4n) is 2.91. The molecule has 5 heteroatoms. The van der Waals surface area contributed by atoms with Crippen LogP contribution in [0.4, 0.5) is 0 Å². The number of para-hydroxylation sites is 2. The van der Waals surface area contributed by atoms with Crippen molar-refractivity contribution in [1.29, 1.82) is 0 Å². The zero-order chi connectivity index (χ0) is 14.7. The third-order valence-electron chi connectivity index (χ3n) is 4.04. The molecule has 1 aromatic carbocycles. The molecule has 0 saturated carbocycles. The molecule has 1 aliphatic rings. The number of aromatic nitrogens is 2. The molecule has 2 aromatic rings. The molecular weight excluding hydrogens is 282 g/mol. The number of rotatable bonds is 5. The number of ether oxygens (including phenoxy) is 1. The van der Waals surface area contributed by atoms with Gasteiger partial charge in [-0.1, -0.05) is 19.1 Å². The lowest BCUT2D eigenvalue weighted by atomic mass is 10.1. The Balaban J connectivity index is 1.81. The van der Waals surface area contributed by atoms with Crippen LogP contribution in [0.2, 0.25) is 0 Å². The second-order valence-electron chi connectivity index (χ2n) is 5.43. The number of aryl methyl sites for hydroxylation is 1. The number of likely N-dealkylation sites (N-methyl/N-ethyl adjacent to an activating group) is 1. The Morgan fingerprint density at radius 2 is 2.33 bits per heavy atom. The minimum atomic E-state index is 0.281. The SMILES string of the molecule is CCNC(Cc1nc2ccccc2n1C)C1CSCCO1. The number of hydrogen-bond acceptors (Lipinski definition) is 4. The fourth-order valence-corrected chi connectivity index (χ4v) is 3.85. The first kappa shape index (κ1) is 14.9. The smallest absolute Gasteiger partial charge is 0.111 e. The molecule has 4 nitrogen and oxygen atoms in total. The zero-order valence-electron chi connectivity index (χ0n) is 12.7. The van der Waals surface area contributed by atoms with Crippen molar-refractivity contribution in [2.24, 2.45) is 7.05 Å². The zero-order valence-corrected chi connectivity index (χ0v) is 13.5. The van der Waals surface area contributed by atoms with Gasteiger partial charge in [-0.25, -0.2) is 4.98 Å². The van der Waals surface area contributed by atoms with Crippen molar-refractivity contribution >= 4 is 22.8 Å². The monoisotopic (exact) mass is 305 g/mol. The minimum Gasteiger partial charge on any atom is -0.375 e. The molecule has 1 aliphatic heterocycles. The molecule has 2 atom stereocenters. The summed E-state index contributed by atoms with van der Waals surface area (Å²) in [6.07, 6.45) is 1.19. The van der Waals surface area contributed by atoms with Crippen LogP contribution in [0.5, 0.6) is 0 Å². The van der Waals surface area contributed by atoms with Crippen molar-refractivity contribution in [2.75, 3.05) is 24.7 Å². The molecule has 21 heavy (non-hydrogen) atoms. The lowest BCUT2D eigenvalue weighted by molar-refractivity contribution is 0.0469. The summed E-state index contributed by atoms with van der Waals surface area (Å²) in [6, 6.07) is 8.64. The molecule has 0 aliphatic carbocycles. The molecule has 2 heterocycles. The van der Waals surface area contributed by atoms with Gasteiger partial charge in [0.05, 0.1) is 23.7 Å². The van der Waals surface area contributed by atoms with E-state index in [1.807, 2.05) is 17.8 Å². The summed E-state index contributed by atoms with van der Waals surface area (Å²) in [4.78, 5) is 4.79.